The molecule has 2 aromatic rings. The Bertz CT molecular complexity index is 520. The summed E-state index contributed by atoms with van der Waals surface area (Å²) in [6.07, 6.45) is 0.822. The van der Waals surface area contributed by atoms with E-state index < -0.39 is 0 Å². The SMILES string of the molecule is CCc1nc(-c2ccc(F)cc2C)sc1N. The molecular weight excluding hydrogens is 223 g/mol. The molecule has 0 amide bonds. The van der Waals surface area contributed by atoms with Crippen molar-refractivity contribution in [3.8, 4) is 10.6 Å². The number of hydrogen-bond acceptors (Lipinski definition) is 3. The van der Waals surface area contributed by atoms with Gasteiger partial charge in [0.2, 0.25) is 0 Å². The minimum Gasteiger partial charge on any atom is -0.389 e. The molecule has 0 aliphatic rings. The molecule has 2 rings (SSSR count). The van der Waals surface area contributed by atoms with Crippen molar-refractivity contribution in [2.24, 2.45) is 0 Å². The van der Waals surface area contributed by atoms with Crippen molar-refractivity contribution >= 4 is 16.3 Å². The molecule has 1 heterocycles. The van der Waals surface area contributed by atoms with Crippen LogP contribution in [0.15, 0.2) is 18.2 Å². The lowest BCUT2D eigenvalue weighted by atomic mass is 10.1. The van der Waals surface area contributed by atoms with Crippen LogP contribution >= 0.6 is 11.3 Å². The summed E-state index contributed by atoms with van der Waals surface area (Å²) in [5, 5.41) is 1.62. The third-order valence-electron chi connectivity index (χ3n) is 2.48. The summed E-state index contributed by atoms with van der Waals surface area (Å²) in [5.41, 5.74) is 8.61. The molecule has 84 valence electrons. The molecule has 0 unspecified atom stereocenters. The maximum absolute atomic E-state index is 13.0. The highest BCUT2D eigenvalue weighted by molar-refractivity contribution is 7.18. The number of halogens is 1. The lowest BCUT2D eigenvalue weighted by molar-refractivity contribution is 0.627. The van der Waals surface area contributed by atoms with Crippen LogP contribution in [-0.4, -0.2) is 4.98 Å². The van der Waals surface area contributed by atoms with Gasteiger partial charge >= 0.3 is 0 Å². The quantitative estimate of drug-likeness (QED) is 0.868. The fourth-order valence-electron chi connectivity index (χ4n) is 1.60. The van der Waals surface area contributed by atoms with Crippen LogP contribution < -0.4 is 5.73 Å². The van der Waals surface area contributed by atoms with Gasteiger partial charge in [-0.2, -0.15) is 0 Å². The predicted molar refractivity (Wildman–Crippen MR) is 66.0 cm³/mol. The maximum atomic E-state index is 13.0. The molecule has 0 radical (unpaired) electrons. The van der Waals surface area contributed by atoms with E-state index in [1.54, 1.807) is 6.07 Å². The Hall–Kier alpha value is -1.42. The molecule has 0 aliphatic heterocycles. The Morgan fingerprint density at radius 1 is 1.44 bits per heavy atom. The molecule has 0 aliphatic carbocycles. The van der Waals surface area contributed by atoms with Gasteiger partial charge in [0.1, 0.15) is 15.8 Å². The molecule has 4 heteroatoms. The molecule has 0 saturated heterocycles. The van der Waals surface area contributed by atoms with Crippen molar-refractivity contribution in [3.05, 3.63) is 35.3 Å². The van der Waals surface area contributed by atoms with Crippen LogP contribution in [0.3, 0.4) is 0 Å². The molecular formula is C12H13FN2S. The van der Waals surface area contributed by atoms with Crippen LogP contribution in [0.1, 0.15) is 18.2 Å². The van der Waals surface area contributed by atoms with Crippen molar-refractivity contribution in [1.82, 2.24) is 4.98 Å². The minimum absolute atomic E-state index is 0.221. The van der Waals surface area contributed by atoms with Gasteiger partial charge in [-0.25, -0.2) is 9.37 Å². The van der Waals surface area contributed by atoms with Crippen molar-refractivity contribution in [3.63, 3.8) is 0 Å². The first-order chi connectivity index (χ1) is 7.61. The number of rotatable bonds is 2. The number of aryl methyl sites for hydroxylation is 2. The van der Waals surface area contributed by atoms with E-state index in [-0.39, 0.29) is 5.82 Å². The molecule has 1 aromatic heterocycles. The van der Waals surface area contributed by atoms with Crippen LogP contribution in [0.5, 0.6) is 0 Å². The van der Waals surface area contributed by atoms with Crippen molar-refractivity contribution < 1.29 is 4.39 Å². The van der Waals surface area contributed by atoms with Crippen molar-refractivity contribution in [2.75, 3.05) is 5.73 Å². The lowest BCUT2D eigenvalue weighted by Crippen LogP contribution is -1.88. The summed E-state index contributed by atoms with van der Waals surface area (Å²) < 4.78 is 13.0. The molecule has 2 N–H and O–H groups in total. The summed E-state index contributed by atoms with van der Waals surface area (Å²) in [6.45, 7) is 3.90. The summed E-state index contributed by atoms with van der Waals surface area (Å²) in [7, 11) is 0. The van der Waals surface area contributed by atoms with E-state index in [9.17, 15) is 4.39 Å². The minimum atomic E-state index is -0.221. The summed E-state index contributed by atoms with van der Waals surface area (Å²) in [5.74, 6) is -0.221. The van der Waals surface area contributed by atoms with E-state index in [4.69, 9.17) is 5.73 Å². The van der Waals surface area contributed by atoms with Gasteiger partial charge < -0.3 is 5.73 Å². The van der Waals surface area contributed by atoms with E-state index >= 15 is 0 Å². The molecule has 0 saturated carbocycles. The number of anilines is 1. The van der Waals surface area contributed by atoms with E-state index in [0.29, 0.717) is 0 Å². The summed E-state index contributed by atoms with van der Waals surface area (Å²) >= 11 is 1.46. The normalized spacial score (nSPS) is 10.7. The molecule has 1 aromatic carbocycles. The number of benzene rings is 1. The van der Waals surface area contributed by atoms with E-state index in [1.807, 2.05) is 13.8 Å². The largest absolute Gasteiger partial charge is 0.389 e. The van der Waals surface area contributed by atoms with Gasteiger partial charge in [-0.1, -0.05) is 18.3 Å². The average molecular weight is 236 g/mol. The summed E-state index contributed by atoms with van der Waals surface area (Å²) in [6, 6.07) is 4.71. The molecule has 0 atom stereocenters. The number of nitrogens with zero attached hydrogens (tertiary/aromatic N) is 1. The van der Waals surface area contributed by atoms with Gasteiger partial charge in [0.05, 0.1) is 5.69 Å². The summed E-state index contributed by atoms with van der Waals surface area (Å²) in [4.78, 5) is 4.46. The first-order valence-corrected chi connectivity index (χ1v) is 5.95. The van der Waals surface area contributed by atoms with Crippen molar-refractivity contribution in [2.45, 2.75) is 20.3 Å². The van der Waals surface area contributed by atoms with Crippen LogP contribution in [-0.2, 0) is 6.42 Å². The number of nitrogen functional groups attached to an aromatic ring is 1. The van der Waals surface area contributed by atoms with E-state index in [2.05, 4.69) is 4.98 Å². The first-order valence-electron chi connectivity index (χ1n) is 5.13. The van der Waals surface area contributed by atoms with Crippen LogP contribution in [0.25, 0.3) is 10.6 Å². The Labute approximate surface area is 97.9 Å². The zero-order valence-electron chi connectivity index (χ0n) is 9.25. The first kappa shape index (κ1) is 11.1. The highest BCUT2D eigenvalue weighted by Crippen LogP contribution is 2.32. The number of thiazole rings is 1. The number of hydrogen-bond donors (Lipinski definition) is 1. The Kier molecular flexibility index (Phi) is 2.92. The second-order valence-corrected chi connectivity index (χ2v) is 4.67. The Morgan fingerprint density at radius 2 is 2.19 bits per heavy atom. The zero-order valence-corrected chi connectivity index (χ0v) is 10.1. The van der Waals surface area contributed by atoms with E-state index in [0.717, 1.165) is 33.3 Å². The third kappa shape index (κ3) is 1.93. The van der Waals surface area contributed by atoms with Gasteiger partial charge in [0.25, 0.3) is 0 Å². The second kappa shape index (κ2) is 4.22. The number of aromatic nitrogens is 1. The predicted octanol–water partition coefficient (Wildman–Crippen LogP) is 3.40. The smallest absolute Gasteiger partial charge is 0.125 e. The van der Waals surface area contributed by atoms with Crippen LogP contribution in [0, 0.1) is 12.7 Å². The lowest BCUT2D eigenvalue weighted by Gasteiger charge is -2.01. The third-order valence-corrected chi connectivity index (χ3v) is 3.44. The van der Waals surface area contributed by atoms with Gasteiger partial charge in [-0.05, 0) is 37.1 Å². The molecule has 0 spiro atoms. The standard InChI is InChI=1S/C12H13FN2S/c1-3-10-11(14)16-12(15-10)9-5-4-8(13)6-7(9)2/h4-6H,3,14H2,1-2H3. The second-order valence-electron chi connectivity index (χ2n) is 3.64. The highest BCUT2D eigenvalue weighted by atomic mass is 32.1. The Morgan fingerprint density at radius 3 is 2.75 bits per heavy atom. The van der Waals surface area contributed by atoms with Gasteiger partial charge in [-0.3, -0.25) is 0 Å². The van der Waals surface area contributed by atoms with Crippen LogP contribution in [0.4, 0.5) is 9.39 Å². The zero-order chi connectivity index (χ0) is 11.7. The Balaban J connectivity index is 2.50. The number of nitrogens with two attached hydrogens (primary N) is 1. The van der Waals surface area contributed by atoms with Gasteiger partial charge in [-0.15, -0.1) is 0 Å². The molecule has 16 heavy (non-hydrogen) atoms. The highest BCUT2D eigenvalue weighted by Gasteiger charge is 2.10. The van der Waals surface area contributed by atoms with Crippen LogP contribution in [0.2, 0.25) is 0 Å². The van der Waals surface area contributed by atoms with Gasteiger partial charge in [0.15, 0.2) is 0 Å². The average Bonchev–Trinajstić information content (AvgIpc) is 2.59. The molecule has 0 bridgehead atoms. The van der Waals surface area contributed by atoms with E-state index in [1.165, 1.54) is 23.5 Å². The molecule has 0 fully saturated rings. The molecule has 2 nitrogen and oxygen atoms in total. The van der Waals surface area contributed by atoms with Crippen molar-refractivity contribution in [1.29, 1.82) is 0 Å². The monoisotopic (exact) mass is 236 g/mol. The fourth-order valence-corrected chi connectivity index (χ4v) is 2.61. The maximum Gasteiger partial charge on any atom is 0.125 e. The topological polar surface area (TPSA) is 38.9 Å². The fraction of sp³-hybridized carbons (Fsp3) is 0.250. The van der Waals surface area contributed by atoms with Gasteiger partial charge in [0, 0.05) is 5.56 Å².